The molecule has 1 atom stereocenters. The fourth-order valence-corrected chi connectivity index (χ4v) is 2.68. The number of carbonyl (C=O) groups is 2. The van der Waals surface area contributed by atoms with Crippen molar-refractivity contribution in [2.24, 2.45) is 0 Å². The van der Waals surface area contributed by atoms with Crippen LogP contribution < -0.4 is 4.74 Å². The lowest BCUT2D eigenvalue weighted by Gasteiger charge is -2.33. The highest BCUT2D eigenvalue weighted by Crippen LogP contribution is 2.26. The highest BCUT2D eigenvalue weighted by Gasteiger charge is 2.25. The summed E-state index contributed by atoms with van der Waals surface area (Å²) in [5, 5.41) is 8.60. The molecule has 1 amide bonds. The molecular weight excluding hydrogens is 336 g/mol. The van der Waals surface area contributed by atoms with E-state index in [9.17, 15) is 18.4 Å². The zero-order valence-corrected chi connectivity index (χ0v) is 13.7. The summed E-state index contributed by atoms with van der Waals surface area (Å²) >= 11 is 0. The van der Waals surface area contributed by atoms with Gasteiger partial charge >= 0.3 is 12.6 Å². The van der Waals surface area contributed by atoms with Crippen LogP contribution in [0.1, 0.15) is 37.4 Å². The van der Waals surface area contributed by atoms with Crippen LogP contribution in [-0.4, -0.2) is 48.2 Å². The first kappa shape index (κ1) is 19.1. The monoisotopic (exact) mass is 357 g/mol. The first-order valence-corrected chi connectivity index (χ1v) is 8.11. The highest BCUT2D eigenvalue weighted by molar-refractivity contribution is 5.76. The summed E-state index contributed by atoms with van der Waals surface area (Å²) in [6, 6.07) is 6.26. The summed E-state index contributed by atoms with van der Waals surface area (Å²) < 4.78 is 34.7. The van der Waals surface area contributed by atoms with E-state index in [1.807, 2.05) is 0 Å². The Kier molecular flexibility index (Phi) is 7.12. The number of unbranched alkanes of at least 4 members (excludes halogenated alkanes) is 1. The number of nitrogens with zero attached hydrogens (tertiary/aromatic N) is 1. The Morgan fingerprint density at radius 2 is 2.08 bits per heavy atom. The third-order valence-corrected chi connectivity index (χ3v) is 3.91. The number of hydrogen-bond acceptors (Lipinski definition) is 4. The SMILES string of the molecule is O=C(O)CCCCC(=O)N1CCOC(c2cccc(OC(F)F)c2)C1. The van der Waals surface area contributed by atoms with Crippen LogP contribution in [0.2, 0.25) is 0 Å². The number of morpholine rings is 1. The van der Waals surface area contributed by atoms with E-state index in [0.717, 1.165) is 0 Å². The van der Waals surface area contributed by atoms with E-state index in [4.69, 9.17) is 9.84 Å². The highest BCUT2D eigenvalue weighted by atomic mass is 19.3. The number of halogens is 2. The molecule has 1 aliphatic heterocycles. The van der Waals surface area contributed by atoms with Crippen LogP contribution in [0.5, 0.6) is 5.75 Å². The minimum atomic E-state index is -2.90. The maximum absolute atomic E-state index is 12.3. The van der Waals surface area contributed by atoms with Crippen LogP contribution in [0.4, 0.5) is 8.78 Å². The van der Waals surface area contributed by atoms with E-state index in [0.29, 0.717) is 38.1 Å². The number of carboxylic acids is 1. The van der Waals surface area contributed by atoms with Crippen molar-refractivity contribution >= 4 is 11.9 Å². The van der Waals surface area contributed by atoms with Crippen molar-refractivity contribution in [1.29, 1.82) is 0 Å². The molecule has 2 rings (SSSR count). The molecule has 0 aromatic heterocycles. The van der Waals surface area contributed by atoms with Gasteiger partial charge in [-0.3, -0.25) is 9.59 Å². The molecule has 6 nitrogen and oxygen atoms in total. The average molecular weight is 357 g/mol. The number of aliphatic carboxylic acids is 1. The van der Waals surface area contributed by atoms with Crippen molar-refractivity contribution in [2.75, 3.05) is 19.7 Å². The van der Waals surface area contributed by atoms with Gasteiger partial charge in [-0.2, -0.15) is 8.78 Å². The van der Waals surface area contributed by atoms with Crippen molar-refractivity contribution < 1.29 is 33.0 Å². The van der Waals surface area contributed by atoms with Crippen molar-refractivity contribution in [3.63, 3.8) is 0 Å². The molecule has 0 radical (unpaired) electrons. The van der Waals surface area contributed by atoms with E-state index in [1.165, 1.54) is 12.1 Å². The van der Waals surface area contributed by atoms with Gasteiger partial charge in [0.25, 0.3) is 0 Å². The molecule has 1 aromatic carbocycles. The molecule has 0 spiro atoms. The van der Waals surface area contributed by atoms with Gasteiger partial charge in [-0.1, -0.05) is 12.1 Å². The zero-order valence-electron chi connectivity index (χ0n) is 13.7. The van der Waals surface area contributed by atoms with Crippen LogP contribution in [0.15, 0.2) is 24.3 Å². The Bertz CT molecular complexity index is 596. The molecular formula is C17H21F2NO5. The molecule has 138 valence electrons. The molecule has 25 heavy (non-hydrogen) atoms. The number of alkyl halides is 2. The third kappa shape index (κ3) is 6.30. The van der Waals surface area contributed by atoms with Gasteiger partial charge in [0.15, 0.2) is 0 Å². The molecule has 0 aliphatic carbocycles. The molecule has 1 fully saturated rings. The van der Waals surface area contributed by atoms with Crippen LogP contribution in [0, 0.1) is 0 Å². The van der Waals surface area contributed by atoms with Crippen LogP contribution in [-0.2, 0) is 14.3 Å². The third-order valence-electron chi connectivity index (χ3n) is 3.91. The quantitative estimate of drug-likeness (QED) is 0.724. The number of hydrogen-bond donors (Lipinski definition) is 1. The largest absolute Gasteiger partial charge is 0.481 e. The van der Waals surface area contributed by atoms with Gasteiger partial charge in [0, 0.05) is 19.4 Å². The van der Waals surface area contributed by atoms with Crippen LogP contribution in [0.25, 0.3) is 0 Å². The molecule has 0 bridgehead atoms. The second kappa shape index (κ2) is 9.31. The Morgan fingerprint density at radius 3 is 2.80 bits per heavy atom. The number of ether oxygens (including phenoxy) is 2. The summed E-state index contributed by atoms with van der Waals surface area (Å²) in [6.45, 7) is -1.76. The van der Waals surface area contributed by atoms with Crippen molar-refractivity contribution in [3.05, 3.63) is 29.8 Å². The fourth-order valence-electron chi connectivity index (χ4n) is 2.68. The standard InChI is InChI=1S/C17H21F2NO5/c18-17(19)25-13-5-3-4-12(10-13)14-11-20(8-9-24-14)15(21)6-1-2-7-16(22)23/h3-5,10,14,17H,1-2,6-9,11H2,(H,22,23). The smallest absolute Gasteiger partial charge is 0.387 e. The second-order valence-corrected chi connectivity index (χ2v) is 5.75. The van der Waals surface area contributed by atoms with Gasteiger partial charge in [-0.15, -0.1) is 0 Å². The van der Waals surface area contributed by atoms with Crippen molar-refractivity contribution in [1.82, 2.24) is 4.90 Å². The number of rotatable bonds is 8. The van der Waals surface area contributed by atoms with Gasteiger partial charge in [-0.05, 0) is 30.5 Å². The summed E-state index contributed by atoms with van der Waals surface area (Å²) in [4.78, 5) is 24.4. The first-order chi connectivity index (χ1) is 12.0. The van der Waals surface area contributed by atoms with Gasteiger partial charge in [0.05, 0.1) is 13.2 Å². The minimum absolute atomic E-state index is 0.0493. The number of amides is 1. The van der Waals surface area contributed by atoms with Crippen molar-refractivity contribution in [3.8, 4) is 5.75 Å². The first-order valence-electron chi connectivity index (χ1n) is 8.11. The summed E-state index contributed by atoms with van der Waals surface area (Å²) in [6.07, 6.45) is 0.912. The van der Waals surface area contributed by atoms with Gasteiger partial charge in [0.1, 0.15) is 11.9 Å². The Labute approximate surface area is 144 Å². The van der Waals surface area contributed by atoms with Gasteiger partial charge in [0.2, 0.25) is 5.91 Å². The normalized spacial score (nSPS) is 17.6. The van der Waals surface area contributed by atoms with E-state index in [2.05, 4.69) is 4.74 Å². The number of benzene rings is 1. The lowest BCUT2D eigenvalue weighted by atomic mass is 10.1. The molecule has 1 unspecified atom stereocenters. The maximum atomic E-state index is 12.3. The molecule has 0 saturated carbocycles. The van der Waals surface area contributed by atoms with E-state index in [1.54, 1.807) is 17.0 Å². The lowest BCUT2D eigenvalue weighted by Crippen LogP contribution is -2.42. The average Bonchev–Trinajstić information content (AvgIpc) is 2.58. The predicted molar refractivity (Wildman–Crippen MR) is 84.5 cm³/mol. The fraction of sp³-hybridized carbons (Fsp3) is 0.529. The molecule has 1 heterocycles. The Hall–Kier alpha value is -2.22. The molecule has 1 aliphatic rings. The predicted octanol–water partition coefficient (Wildman–Crippen LogP) is 2.83. The van der Waals surface area contributed by atoms with Crippen LogP contribution >= 0.6 is 0 Å². The lowest BCUT2D eigenvalue weighted by molar-refractivity contribution is -0.140. The summed E-state index contributed by atoms with van der Waals surface area (Å²) in [5.41, 5.74) is 0.668. The second-order valence-electron chi connectivity index (χ2n) is 5.75. The maximum Gasteiger partial charge on any atom is 0.387 e. The molecule has 1 N–H and O–H groups in total. The summed E-state index contributed by atoms with van der Waals surface area (Å²) in [7, 11) is 0. The van der Waals surface area contributed by atoms with E-state index in [-0.39, 0.29) is 24.5 Å². The van der Waals surface area contributed by atoms with E-state index < -0.39 is 18.7 Å². The van der Waals surface area contributed by atoms with Gasteiger partial charge < -0.3 is 19.5 Å². The Morgan fingerprint density at radius 1 is 1.32 bits per heavy atom. The number of carboxylic acid groups (broad SMARTS) is 1. The minimum Gasteiger partial charge on any atom is -0.481 e. The van der Waals surface area contributed by atoms with Crippen molar-refractivity contribution in [2.45, 2.75) is 38.4 Å². The van der Waals surface area contributed by atoms with E-state index >= 15 is 0 Å². The topological polar surface area (TPSA) is 76.1 Å². The van der Waals surface area contributed by atoms with Crippen LogP contribution in [0.3, 0.4) is 0 Å². The Balaban J connectivity index is 1.89. The molecule has 1 saturated heterocycles. The van der Waals surface area contributed by atoms with Gasteiger partial charge in [-0.25, -0.2) is 0 Å². The number of carbonyl (C=O) groups excluding carboxylic acids is 1. The zero-order chi connectivity index (χ0) is 18.2. The summed E-state index contributed by atoms with van der Waals surface area (Å²) in [5.74, 6) is -0.878. The molecule has 1 aromatic rings. The molecule has 8 heteroatoms.